The number of hydrogen-bond acceptors (Lipinski definition) is 4. The molecule has 1 aliphatic carbocycles. The fraction of sp³-hybridized carbons (Fsp3) is 0.533. The van der Waals surface area contributed by atoms with Crippen LogP contribution in [0.2, 0.25) is 0 Å². The first-order valence-electron chi connectivity index (χ1n) is 7.00. The summed E-state index contributed by atoms with van der Waals surface area (Å²) in [5.74, 6) is 1.50. The summed E-state index contributed by atoms with van der Waals surface area (Å²) in [6.45, 7) is 2.51. The number of carbonyl (C=O) groups is 1. The highest BCUT2D eigenvalue weighted by molar-refractivity contribution is 5.92. The smallest absolute Gasteiger partial charge is 0.238 e. The minimum Gasteiger partial charge on any atom is -0.497 e. The van der Waals surface area contributed by atoms with E-state index in [2.05, 4.69) is 10.6 Å². The second kappa shape index (κ2) is 7.87. The molecule has 0 heterocycles. The Labute approximate surface area is 119 Å². The standard InChI is InChI=1S/C15H22N2O3/c1-19-14-6-4-13(5-7-14)17-15(18)10-16-8-9-20-11-12-2-3-12/h4-7,12,16H,2-3,8-11H2,1H3,(H,17,18). The number of amides is 1. The van der Waals surface area contributed by atoms with Gasteiger partial charge in [-0.05, 0) is 43.0 Å². The van der Waals surface area contributed by atoms with Crippen LogP contribution in [0.1, 0.15) is 12.8 Å². The Balaban J connectivity index is 1.54. The topological polar surface area (TPSA) is 59.6 Å². The van der Waals surface area contributed by atoms with Gasteiger partial charge in [0.25, 0.3) is 0 Å². The molecule has 1 saturated carbocycles. The van der Waals surface area contributed by atoms with Gasteiger partial charge in [0.05, 0.1) is 20.3 Å². The molecular weight excluding hydrogens is 256 g/mol. The molecule has 0 saturated heterocycles. The lowest BCUT2D eigenvalue weighted by molar-refractivity contribution is -0.115. The van der Waals surface area contributed by atoms with E-state index < -0.39 is 0 Å². The van der Waals surface area contributed by atoms with E-state index in [-0.39, 0.29) is 5.91 Å². The number of anilines is 1. The molecule has 110 valence electrons. The molecule has 0 aliphatic heterocycles. The number of methoxy groups -OCH3 is 1. The van der Waals surface area contributed by atoms with E-state index in [9.17, 15) is 4.79 Å². The molecule has 5 nitrogen and oxygen atoms in total. The van der Waals surface area contributed by atoms with Crippen molar-refractivity contribution in [3.8, 4) is 5.75 Å². The zero-order chi connectivity index (χ0) is 14.2. The van der Waals surface area contributed by atoms with Gasteiger partial charge in [0.2, 0.25) is 5.91 Å². The molecule has 0 bridgehead atoms. The summed E-state index contributed by atoms with van der Waals surface area (Å²) in [6, 6.07) is 7.26. The van der Waals surface area contributed by atoms with Crippen molar-refractivity contribution >= 4 is 11.6 Å². The third-order valence-electron chi connectivity index (χ3n) is 3.13. The molecule has 0 unspecified atom stereocenters. The van der Waals surface area contributed by atoms with Crippen LogP contribution in [0, 0.1) is 5.92 Å². The van der Waals surface area contributed by atoms with Crippen LogP contribution < -0.4 is 15.4 Å². The minimum absolute atomic E-state index is 0.0580. The van der Waals surface area contributed by atoms with Crippen molar-refractivity contribution in [2.45, 2.75) is 12.8 Å². The highest BCUT2D eigenvalue weighted by Crippen LogP contribution is 2.28. The van der Waals surface area contributed by atoms with Crippen molar-refractivity contribution in [3.63, 3.8) is 0 Å². The van der Waals surface area contributed by atoms with Crippen molar-refractivity contribution in [1.82, 2.24) is 5.32 Å². The molecule has 2 N–H and O–H groups in total. The van der Waals surface area contributed by atoms with Crippen LogP contribution in [0.15, 0.2) is 24.3 Å². The normalized spacial score (nSPS) is 14.1. The second-order valence-corrected chi connectivity index (χ2v) is 4.97. The Hall–Kier alpha value is -1.59. The lowest BCUT2D eigenvalue weighted by Crippen LogP contribution is -2.30. The Kier molecular flexibility index (Phi) is 5.83. The van der Waals surface area contributed by atoms with Crippen LogP contribution in [0.4, 0.5) is 5.69 Å². The van der Waals surface area contributed by atoms with Gasteiger partial charge in [-0.25, -0.2) is 0 Å². The quantitative estimate of drug-likeness (QED) is 0.674. The fourth-order valence-corrected chi connectivity index (χ4v) is 1.76. The van der Waals surface area contributed by atoms with Gasteiger partial charge in [-0.3, -0.25) is 4.79 Å². The summed E-state index contributed by atoms with van der Waals surface area (Å²) in [4.78, 5) is 11.7. The van der Waals surface area contributed by atoms with Crippen molar-refractivity contribution in [1.29, 1.82) is 0 Å². The van der Waals surface area contributed by atoms with Gasteiger partial charge >= 0.3 is 0 Å². The van der Waals surface area contributed by atoms with Crippen LogP contribution >= 0.6 is 0 Å². The molecule has 1 aromatic rings. The molecule has 0 atom stereocenters. The third-order valence-corrected chi connectivity index (χ3v) is 3.13. The number of carbonyl (C=O) groups excluding carboxylic acids is 1. The van der Waals surface area contributed by atoms with E-state index in [4.69, 9.17) is 9.47 Å². The lowest BCUT2D eigenvalue weighted by Gasteiger charge is -2.08. The lowest BCUT2D eigenvalue weighted by atomic mass is 10.3. The predicted molar refractivity (Wildman–Crippen MR) is 78.0 cm³/mol. The van der Waals surface area contributed by atoms with Gasteiger partial charge in [0.1, 0.15) is 5.75 Å². The Morgan fingerprint density at radius 1 is 1.30 bits per heavy atom. The molecule has 0 radical (unpaired) electrons. The highest BCUT2D eigenvalue weighted by atomic mass is 16.5. The van der Waals surface area contributed by atoms with Gasteiger partial charge in [-0.15, -0.1) is 0 Å². The monoisotopic (exact) mass is 278 g/mol. The van der Waals surface area contributed by atoms with E-state index in [0.29, 0.717) is 19.7 Å². The van der Waals surface area contributed by atoms with Crippen LogP contribution in [0.25, 0.3) is 0 Å². The first-order chi connectivity index (χ1) is 9.78. The molecule has 5 heteroatoms. The van der Waals surface area contributed by atoms with Gasteiger partial charge in [-0.2, -0.15) is 0 Å². The first-order valence-corrected chi connectivity index (χ1v) is 7.00. The Morgan fingerprint density at radius 3 is 2.70 bits per heavy atom. The predicted octanol–water partition coefficient (Wildman–Crippen LogP) is 1.65. The van der Waals surface area contributed by atoms with Crippen LogP contribution in [0.5, 0.6) is 5.75 Å². The maximum atomic E-state index is 11.7. The average molecular weight is 278 g/mol. The molecule has 1 aromatic carbocycles. The summed E-state index contributed by atoms with van der Waals surface area (Å²) in [7, 11) is 1.61. The van der Waals surface area contributed by atoms with Gasteiger partial charge in [0.15, 0.2) is 0 Å². The Morgan fingerprint density at radius 2 is 2.05 bits per heavy atom. The zero-order valence-corrected chi connectivity index (χ0v) is 11.9. The second-order valence-electron chi connectivity index (χ2n) is 4.97. The maximum absolute atomic E-state index is 11.7. The van der Waals surface area contributed by atoms with Crippen molar-refractivity contribution in [3.05, 3.63) is 24.3 Å². The number of hydrogen-bond donors (Lipinski definition) is 2. The number of benzene rings is 1. The molecule has 1 amide bonds. The molecule has 1 aliphatic rings. The van der Waals surface area contributed by atoms with Crippen molar-refractivity contribution in [2.75, 3.05) is 38.7 Å². The average Bonchev–Trinajstić information content (AvgIpc) is 3.27. The summed E-state index contributed by atoms with van der Waals surface area (Å²) in [6.07, 6.45) is 2.61. The molecule has 0 aromatic heterocycles. The van der Waals surface area contributed by atoms with E-state index in [0.717, 1.165) is 24.0 Å². The first kappa shape index (κ1) is 14.8. The summed E-state index contributed by atoms with van der Waals surface area (Å²) in [5, 5.41) is 5.87. The summed E-state index contributed by atoms with van der Waals surface area (Å²) >= 11 is 0. The molecule has 1 fully saturated rings. The van der Waals surface area contributed by atoms with Gasteiger partial charge in [0, 0.05) is 18.8 Å². The SMILES string of the molecule is COc1ccc(NC(=O)CNCCOCC2CC2)cc1. The summed E-state index contributed by atoms with van der Waals surface area (Å²) in [5.41, 5.74) is 0.766. The third kappa shape index (κ3) is 5.59. The molecule has 2 rings (SSSR count). The fourth-order valence-electron chi connectivity index (χ4n) is 1.76. The van der Waals surface area contributed by atoms with Crippen LogP contribution in [0.3, 0.4) is 0 Å². The molecule has 0 spiro atoms. The van der Waals surface area contributed by atoms with Crippen molar-refractivity contribution in [2.24, 2.45) is 5.92 Å². The summed E-state index contributed by atoms with van der Waals surface area (Å²) < 4.78 is 10.5. The van der Waals surface area contributed by atoms with Crippen molar-refractivity contribution < 1.29 is 14.3 Å². The van der Waals surface area contributed by atoms with E-state index in [1.807, 2.05) is 24.3 Å². The maximum Gasteiger partial charge on any atom is 0.238 e. The van der Waals surface area contributed by atoms with Crippen LogP contribution in [-0.4, -0.2) is 39.3 Å². The Bertz CT molecular complexity index is 416. The molecular formula is C15H22N2O3. The minimum atomic E-state index is -0.0580. The van der Waals surface area contributed by atoms with E-state index in [1.165, 1.54) is 12.8 Å². The molecule has 20 heavy (non-hydrogen) atoms. The van der Waals surface area contributed by atoms with E-state index in [1.54, 1.807) is 7.11 Å². The highest BCUT2D eigenvalue weighted by Gasteiger charge is 2.20. The number of rotatable bonds is 9. The zero-order valence-electron chi connectivity index (χ0n) is 11.9. The number of nitrogens with one attached hydrogen (secondary N) is 2. The van der Waals surface area contributed by atoms with Gasteiger partial charge in [-0.1, -0.05) is 0 Å². The number of ether oxygens (including phenoxy) is 2. The largest absolute Gasteiger partial charge is 0.497 e. The van der Waals surface area contributed by atoms with E-state index >= 15 is 0 Å². The van der Waals surface area contributed by atoms with Gasteiger partial charge < -0.3 is 20.1 Å². The van der Waals surface area contributed by atoms with Crippen LogP contribution in [-0.2, 0) is 9.53 Å².